The molecule has 0 aliphatic heterocycles. The number of aromatic nitrogens is 1. The van der Waals surface area contributed by atoms with E-state index in [-0.39, 0.29) is 17.0 Å². The smallest absolute Gasteiger partial charge is 0.422 e. The van der Waals surface area contributed by atoms with Crippen LogP contribution in [0, 0.1) is 0 Å². The summed E-state index contributed by atoms with van der Waals surface area (Å²) < 4.78 is 40.6. The molecule has 0 spiro atoms. The molecule has 1 amide bonds. The molecular formula is C14H12F3N3O3. The third-order valence-electron chi connectivity index (χ3n) is 2.76. The third kappa shape index (κ3) is 4.50. The second-order valence-electron chi connectivity index (χ2n) is 4.52. The molecule has 1 aromatic carbocycles. The first kappa shape index (κ1) is 16.4. The third-order valence-corrected chi connectivity index (χ3v) is 2.76. The van der Waals surface area contributed by atoms with Crippen molar-refractivity contribution in [2.75, 3.05) is 17.7 Å². The summed E-state index contributed by atoms with van der Waals surface area (Å²) in [6.45, 7) is -1.40. The number of nitrogens with one attached hydrogen (secondary N) is 2. The number of aromatic amines is 1. The number of hydrogen-bond donors (Lipinski definition) is 3. The molecule has 122 valence electrons. The van der Waals surface area contributed by atoms with Crippen molar-refractivity contribution in [2.45, 2.75) is 6.18 Å². The normalized spacial score (nSPS) is 11.1. The molecule has 0 aliphatic carbocycles. The van der Waals surface area contributed by atoms with Gasteiger partial charge in [0.05, 0.1) is 5.56 Å². The fourth-order valence-electron chi connectivity index (χ4n) is 1.69. The predicted molar refractivity (Wildman–Crippen MR) is 77.4 cm³/mol. The van der Waals surface area contributed by atoms with E-state index in [1.807, 2.05) is 0 Å². The quantitative estimate of drug-likeness (QED) is 0.801. The first-order chi connectivity index (χ1) is 10.8. The molecule has 0 aliphatic rings. The van der Waals surface area contributed by atoms with E-state index in [0.29, 0.717) is 5.69 Å². The van der Waals surface area contributed by atoms with Crippen LogP contribution in [-0.2, 0) is 0 Å². The van der Waals surface area contributed by atoms with E-state index in [2.05, 4.69) is 15.0 Å². The van der Waals surface area contributed by atoms with Crippen molar-refractivity contribution >= 4 is 17.3 Å². The molecule has 1 aromatic heterocycles. The van der Waals surface area contributed by atoms with Gasteiger partial charge in [0.15, 0.2) is 6.61 Å². The second-order valence-corrected chi connectivity index (χ2v) is 4.52. The molecule has 0 atom stereocenters. The Balaban J connectivity index is 2.05. The molecule has 0 fully saturated rings. The van der Waals surface area contributed by atoms with Gasteiger partial charge in [-0.05, 0) is 30.3 Å². The summed E-state index contributed by atoms with van der Waals surface area (Å²) in [6.07, 6.45) is -3.15. The molecular weight excluding hydrogens is 315 g/mol. The number of ether oxygens (including phenoxy) is 1. The lowest BCUT2D eigenvalue weighted by atomic mass is 10.2. The van der Waals surface area contributed by atoms with Crippen LogP contribution < -0.4 is 21.3 Å². The van der Waals surface area contributed by atoms with Gasteiger partial charge in [0.1, 0.15) is 11.4 Å². The molecule has 0 saturated heterocycles. The van der Waals surface area contributed by atoms with E-state index in [9.17, 15) is 22.8 Å². The SMILES string of the molecule is Nc1c(C(=O)Nc2ccc(OCC(F)(F)F)cc2)cc[nH]c1=O. The van der Waals surface area contributed by atoms with Gasteiger partial charge in [0, 0.05) is 11.9 Å². The van der Waals surface area contributed by atoms with Crippen molar-refractivity contribution in [2.24, 2.45) is 0 Å². The summed E-state index contributed by atoms with van der Waals surface area (Å²) in [6, 6.07) is 6.64. The highest BCUT2D eigenvalue weighted by Gasteiger charge is 2.28. The molecule has 0 radical (unpaired) electrons. The molecule has 0 bridgehead atoms. The van der Waals surface area contributed by atoms with Crippen LogP contribution in [0.3, 0.4) is 0 Å². The fourth-order valence-corrected chi connectivity index (χ4v) is 1.69. The average Bonchev–Trinajstić information content (AvgIpc) is 2.48. The lowest BCUT2D eigenvalue weighted by molar-refractivity contribution is -0.153. The highest BCUT2D eigenvalue weighted by Crippen LogP contribution is 2.20. The minimum Gasteiger partial charge on any atom is -0.484 e. The van der Waals surface area contributed by atoms with Crippen LogP contribution in [0.25, 0.3) is 0 Å². The molecule has 9 heteroatoms. The Morgan fingerprint density at radius 2 is 1.87 bits per heavy atom. The summed E-state index contributed by atoms with van der Waals surface area (Å²) >= 11 is 0. The topological polar surface area (TPSA) is 97.2 Å². The number of alkyl halides is 3. The Hall–Kier alpha value is -2.97. The molecule has 0 saturated carbocycles. The number of pyridine rings is 1. The lowest BCUT2D eigenvalue weighted by Crippen LogP contribution is -2.20. The second kappa shape index (κ2) is 6.42. The van der Waals surface area contributed by atoms with Crippen LogP contribution in [0.4, 0.5) is 24.5 Å². The number of carbonyl (C=O) groups excluding carboxylic acids is 1. The number of H-pyrrole nitrogens is 1. The zero-order chi connectivity index (χ0) is 17.0. The van der Waals surface area contributed by atoms with E-state index in [4.69, 9.17) is 5.73 Å². The lowest BCUT2D eigenvalue weighted by Gasteiger charge is -2.10. The van der Waals surface area contributed by atoms with E-state index >= 15 is 0 Å². The summed E-state index contributed by atoms with van der Waals surface area (Å²) in [5, 5.41) is 2.48. The van der Waals surface area contributed by atoms with E-state index in [0.717, 1.165) is 0 Å². The number of benzene rings is 1. The first-order valence-electron chi connectivity index (χ1n) is 6.34. The minimum absolute atomic E-state index is 0.00820. The maximum Gasteiger partial charge on any atom is 0.422 e. The molecule has 6 nitrogen and oxygen atoms in total. The largest absolute Gasteiger partial charge is 0.484 e. The molecule has 0 unspecified atom stereocenters. The van der Waals surface area contributed by atoms with Crippen molar-refractivity contribution in [3.63, 3.8) is 0 Å². The molecule has 1 heterocycles. The number of amides is 1. The van der Waals surface area contributed by atoms with Crippen molar-refractivity contribution in [1.29, 1.82) is 0 Å². The van der Waals surface area contributed by atoms with Gasteiger partial charge in [-0.15, -0.1) is 0 Å². The zero-order valence-corrected chi connectivity index (χ0v) is 11.6. The Bertz CT molecular complexity index is 754. The van der Waals surface area contributed by atoms with Gasteiger partial charge < -0.3 is 20.8 Å². The predicted octanol–water partition coefficient (Wildman–Crippen LogP) is 2.15. The van der Waals surface area contributed by atoms with Crippen LogP contribution in [0.1, 0.15) is 10.4 Å². The van der Waals surface area contributed by atoms with Crippen molar-refractivity contribution in [3.8, 4) is 5.75 Å². The van der Waals surface area contributed by atoms with Crippen LogP contribution in [0.2, 0.25) is 0 Å². The van der Waals surface area contributed by atoms with Crippen LogP contribution >= 0.6 is 0 Å². The van der Waals surface area contributed by atoms with Gasteiger partial charge in [0.25, 0.3) is 11.5 Å². The Kier molecular flexibility index (Phi) is 4.58. The highest BCUT2D eigenvalue weighted by atomic mass is 19.4. The number of halogens is 3. The average molecular weight is 327 g/mol. The number of anilines is 2. The summed E-state index contributed by atoms with van der Waals surface area (Å²) in [4.78, 5) is 25.7. The summed E-state index contributed by atoms with van der Waals surface area (Å²) in [5.74, 6) is -0.603. The monoisotopic (exact) mass is 327 g/mol. The van der Waals surface area contributed by atoms with Gasteiger partial charge in [-0.1, -0.05) is 0 Å². The molecule has 2 rings (SSSR count). The number of rotatable bonds is 4. The highest BCUT2D eigenvalue weighted by molar-refractivity contribution is 6.07. The van der Waals surface area contributed by atoms with Crippen LogP contribution in [-0.4, -0.2) is 23.7 Å². The summed E-state index contributed by atoms with van der Waals surface area (Å²) in [7, 11) is 0. The molecule has 23 heavy (non-hydrogen) atoms. The van der Waals surface area contributed by atoms with Crippen molar-refractivity contribution in [3.05, 3.63) is 52.4 Å². The maximum atomic E-state index is 12.0. The van der Waals surface area contributed by atoms with Crippen LogP contribution in [0.15, 0.2) is 41.3 Å². The molecule has 4 N–H and O–H groups in total. The number of carbonyl (C=O) groups is 1. The Labute approximate surface area is 128 Å². The first-order valence-corrected chi connectivity index (χ1v) is 6.34. The van der Waals surface area contributed by atoms with Crippen molar-refractivity contribution in [1.82, 2.24) is 4.98 Å². The number of nitrogen functional groups attached to an aromatic ring is 1. The van der Waals surface area contributed by atoms with Crippen LogP contribution in [0.5, 0.6) is 5.75 Å². The minimum atomic E-state index is -4.43. The number of hydrogen-bond acceptors (Lipinski definition) is 4. The van der Waals surface area contributed by atoms with Gasteiger partial charge in [-0.25, -0.2) is 0 Å². The van der Waals surface area contributed by atoms with Gasteiger partial charge in [-0.3, -0.25) is 9.59 Å². The zero-order valence-electron chi connectivity index (χ0n) is 11.6. The Morgan fingerprint density at radius 3 is 2.48 bits per heavy atom. The Morgan fingerprint density at radius 1 is 1.22 bits per heavy atom. The van der Waals surface area contributed by atoms with Crippen molar-refractivity contribution < 1.29 is 22.7 Å². The van der Waals surface area contributed by atoms with Gasteiger partial charge in [-0.2, -0.15) is 13.2 Å². The van der Waals surface area contributed by atoms with E-state index in [1.165, 1.54) is 36.5 Å². The number of nitrogens with two attached hydrogens (primary N) is 1. The van der Waals surface area contributed by atoms with E-state index in [1.54, 1.807) is 0 Å². The molecule has 2 aromatic rings. The van der Waals surface area contributed by atoms with E-state index < -0.39 is 24.2 Å². The van der Waals surface area contributed by atoms with Gasteiger partial charge >= 0.3 is 6.18 Å². The fraction of sp³-hybridized carbons (Fsp3) is 0.143. The standard InChI is InChI=1S/C14H12F3N3O3/c15-14(16,17)7-23-9-3-1-8(2-4-9)20-12(21)10-5-6-19-13(22)11(10)18/h1-6H,7,18H2,(H,19,22)(H,20,21). The summed E-state index contributed by atoms with van der Waals surface area (Å²) in [5.41, 5.74) is 5.00. The maximum absolute atomic E-state index is 12.0. The van der Waals surface area contributed by atoms with Gasteiger partial charge in [0.2, 0.25) is 0 Å².